The van der Waals surface area contributed by atoms with E-state index < -0.39 is 0 Å². The van der Waals surface area contributed by atoms with Crippen molar-refractivity contribution in [2.45, 2.75) is 25.7 Å². The minimum Gasteiger partial charge on any atom is -0.495 e. The van der Waals surface area contributed by atoms with Crippen molar-refractivity contribution in [3.8, 4) is 5.75 Å². The second-order valence-corrected chi connectivity index (χ2v) is 7.96. The number of rotatable bonds is 5. The average molecular weight is 412 g/mol. The molecule has 1 N–H and O–H groups in total. The molecule has 160 valence electrons. The minimum atomic E-state index is -0.105. The number of ether oxygens (including phenoxy) is 1. The first-order valence-corrected chi connectivity index (χ1v) is 10.6. The van der Waals surface area contributed by atoms with E-state index in [9.17, 15) is 9.59 Å². The van der Waals surface area contributed by atoms with Crippen molar-refractivity contribution in [2.75, 3.05) is 43.5 Å². The monoisotopic (exact) mass is 411 g/mol. The van der Waals surface area contributed by atoms with E-state index in [1.165, 1.54) is 0 Å². The lowest BCUT2D eigenvalue weighted by molar-refractivity contribution is -0.119. The Morgan fingerprint density at radius 3 is 2.50 bits per heavy atom. The van der Waals surface area contributed by atoms with Crippen LogP contribution in [0, 0.1) is 5.92 Å². The normalized spacial score (nSPS) is 17.3. The van der Waals surface area contributed by atoms with E-state index in [0.717, 1.165) is 50.2 Å². The summed E-state index contributed by atoms with van der Waals surface area (Å²) in [7, 11) is 3.42. The Morgan fingerprint density at radius 2 is 1.80 bits per heavy atom. The van der Waals surface area contributed by atoms with Gasteiger partial charge in [-0.2, -0.15) is 5.10 Å². The lowest BCUT2D eigenvalue weighted by atomic mass is 10.1. The van der Waals surface area contributed by atoms with Gasteiger partial charge in [-0.05, 0) is 25.0 Å². The summed E-state index contributed by atoms with van der Waals surface area (Å²) < 4.78 is 7.03. The Hall–Kier alpha value is -3.03. The number of benzene rings is 1. The zero-order chi connectivity index (χ0) is 21.1. The number of nitrogens with zero attached hydrogens (tertiary/aromatic N) is 4. The maximum Gasteiger partial charge on any atom is 0.274 e. The van der Waals surface area contributed by atoms with Crippen LogP contribution < -0.4 is 15.0 Å². The minimum absolute atomic E-state index is 0.0277. The van der Waals surface area contributed by atoms with Gasteiger partial charge in [-0.25, -0.2) is 0 Å². The summed E-state index contributed by atoms with van der Waals surface area (Å²) in [6, 6.07) is 9.61. The van der Waals surface area contributed by atoms with Crippen LogP contribution in [-0.2, 0) is 11.8 Å². The number of methoxy groups -OCH3 is 1. The predicted octanol–water partition coefficient (Wildman–Crippen LogP) is 2.52. The Morgan fingerprint density at radius 1 is 1.10 bits per heavy atom. The van der Waals surface area contributed by atoms with Crippen LogP contribution in [-0.4, -0.2) is 59.8 Å². The van der Waals surface area contributed by atoms with Crippen LogP contribution in [0.3, 0.4) is 0 Å². The van der Waals surface area contributed by atoms with Crippen LogP contribution >= 0.6 is 0 Å². The molecule has 1 aromatic carbocycles. The third-order valence-electron chi connectivity index (χ3n) is 6.07. The summed E-state index contributed by atoms with van der Waals surface area (Å²) in [5, 5.41) is 7.29. The molecule has 1 saturated carbocycles. The van der Waals surface area contributed by atoms with Crippen molar-refractivity contribution in [2.24, 2.45) is 13.0 Å². The van der Waals surface area contributed by atoms with Gasteiger partial charge < -0.3 is 19.9 Å². The first-order valence-electron chi connectivity index (χ1n) is 10.6. The molecule has 2 heterocycles. The largest absolute Gasteiger partial charge is 0.495 e. The molecule has 2 aliphatic rings. The van der Waals surface area contributed by atoms with Gasteiger partial charge in [0.1, 0.15) is 11.6 Å². The highest BCUT2D eigenvalue weighted by Gasteiger charge is 2.27. The lowest BCUT2D eigenvalue weighted by Gasteiger charge is -2.36. The average Bonchev–Trinajstić information content (AvgIpc) is 3.44. The number of nitrogens with one attached hydrogen (secondary N) is 1. The number of amides is 2. The van der Waals surface area contributed by atoms with Crippen LogP contribution in [0.4, 0.5) is 11.5 Å². The van der Waals surface area contributed by atoms with Gasteiger partial charge in [0.2, 0.25) is 5.91 Å². The molecule has 0 atom stereocenters. The molecule has 2 aromatic rings. The number of piperazine rings is 1. The molecule has 2 amide bonds. The quantitative estimate of drug-likeness (QED) is 0.818. The van der Waals surface area contributed by atoms with Gasteiger partial charge in [0.25, 0.3) is 5.91 Å². The van der Waals surface area contributed by atoms with Crippen LogP contribution in [0.5, 0.6) is 5.75 Å². The molecule has 1 saturated heterocycles. The van der Waals surface area contributed by atoms with Crippen molar-refractivity contribution in [3.63, 3.8) is 0 Å². The fourth-order valence-electron chi connectivity index (χ4n) is 4.31. The number of aryl methyl sites for hydroxylation is 1. The van der Waals surface area contributed by atoms with E-state index in [2.05, 4.69) is 15.3 Å². The maximum atomic E-state index is 13.0. The number of aromatic nitrogens is 2. The highest BCUT2D eigenvalue weighted by molar-refractivity contribution is 5.96. The van der Waals surface area contributed by atoms with E-state index in [0.29, 0.717) is 24.6 Å². The SMILES string of the molecule is COc1ccccc1N1CCN(C(=O)c2cc(NC(=O)C3CCCC3)n(C)n2)CC1. The highest BCUT2D eigenvalue weighted by Crippen LogP contribution is 2.29. The zero-order valence-corrected chi connectivity index (χ0v) is 17.6. The molecule has 1 aliphatic heterocycles. The molecular formula is C22H29N5O3. The topological polar surface area (TPSA) is 79.7 Å². The number of hydrogen-bond donors (Lipinski definition) is 1. The van der Waals surface area contributed by atoms with Crippen LogP contribution in [0.25, 0.3) is 0 Å². The van der Waals surface area contributed by atoms with Crippen molar-refractivity contribution in [1.82, 2.24) is 14.7 Å². The number of carbonyl (C=O) groups is 2. The second kappa shape index (κ2) is 8.77. The summed E-state index contributed by atoms with van der Waals surface area (Å²) in [5.74, 6) is 1.40. The van der Waals surface area contributed by atoms with Gasteiger partial charge in [-0.3, -0.25) is 14.3 Å². The lowest BCUT2D eigenvalue weighted by Crippen LogP contribution is -2.49. The van der Waals surface area contributed by atoms with E-state index in [-0.39, 0.29) is 17.7 Å². The molecule has 1 aromatic heterocycles. The van der Waals surface area contributed by atoms with Gasteiger partial charge in [0.05, 0.1) is 12.8 Å². The number of para-hydroxylation sites is 2. The van der Waals surface area contributed by atoms with Gasteiger partial charge in [-0.1, -0.05) is 25.0 Å². The molecule has 30 heavy (non-hydrogen) atoms. The van der Waals surface area contributed by atoms with Crippen LogP contribution in [0.2, 0.25) is 0 Å². The first kappa shape index (κ1) is 20.3. The van der Waals surface area contributed by atoms with Crippen molar-refractivity contribution in [1.29, 1.82) is 0 Å². The standard InChI is InChI=1S/C22H29N5O3/c1-25-20(23-21(28)16-7-3-4-8-16)15-17(24-25)22(29)27-13-11-26(12-14-27)18-9-5-6-10-19(18)30-2/h5-6,9-10,15-16H,3-4,7-8,11-14H2,1-2H3,(H,23,28). The fourth-order valence-corrected chi connectivity index (χ4v) is 4.31. The molecule has 8 heteroatoms. The molecular weight excluding hydrogens is 382 g/mol. The molecule has 0 bridgehead atoms. The highest BCUT2D eigenvalue weighted by atomic mass is 16.5. The summed E-state index contributed by atoms with van der Waals surface area (Å²) >= 11 is 0. The van der Waals surface area contributed by atoms with E-state index in [4.69, 9.17) is 4.74 Å². The summed E-state index contributed by atoms with van der Waals surface area (Å²) in [5.41, 5.74) is 1.41. The maximum absolute atomic E-state index is 13.0. The second-order valence-electron chi connectivity index (χ2n) is 7.96. The number of carbonyl (C=O) groups excluding carboxylic acids is 2. The Balaban J connectivity index is 1.38. The molecule has 4 rings (SSSR count). The van der Waals surface area contributed by atoms with Gasteiger partial charge in [0, 0.05) is 45.2 Å². The Kier molecular flexibility index (Phi) is 5.92. The molecule has 0 radical (unpaired) electrons. The van der Waals surface area contributed by atoms with Crippen molar-refractivity contribution < 1.29 is 14.3 Å². The first-order chi connectivity index (χ1) is 14.6. The van der Waals surface area contributed by atoms with Crippen molar-refractivity contribution >= 4 is 23.3 Å². The van der Waals surface area contributed by atoms with Crippen LogP contribution in [0.1, 0.15) is 36.2 Å². The molecule has 0 unspecified atom stereocenters. The Bertz CT molecular complexity index is 911. The molecule has 8 nitrogen and oxygen atoms in total. The summed E-state index contributed by atoms with van der Waals surface area (Å²) in [6.07, 6.45) is 4.08. The molecule has 0 spiro atoms. The summed E-state index contributed by atoms with van der Waals surface area (Å²) in [4.78, 5) is 29.4. The molecule has 2 fully saturated rings. The van der Waals surface area contributed by atoms with E-state index >= 15 is 0 Å². The summed E-state index contributed by atoms with van der Waals surface area (Å²) in [6.45, 7) is 2.67. The predicted molar refractivity (Wildman–Crippen MR) is 115 cm³/mol. The van der Waals surface area contributed by atoms with Gasteiger partial charge in [0.15, 0.2) is 5.69 Å². The molecule has 1 aliphatic carbocycles. The van der Waals surface area contributed by atoms with Gasteiger partial charge >= 0.3 is 0 Å². The van der Waals surface area contributed by atoms with Crippen LogP contribution in [0.15, 0.2) is 30.3 Å². The number of anilines is 2. The van der Waals surface area contributed by atoms with E-state index in [1.807, 2.05) is 29.2 Å². The van der Waals surface area contributed by atoms with Crippen molar-refractivity contribution in [3.05, 3.63) is 36.0 Å². The zero-order valence-electron chi connectivity index (χ0n) is 17.6. The number of hydrogen-bond acceptors (Lipinski definition) is 5. The van der Waals surface area contributed by atoms with Gasteiger partial charge in [-0.15, -0.1) is 0 Å². The third kappa shape index (κ3) is 4.13. The smallest absolute Gasteiger partial charge is 0.274 e. The Labute approximate surface area is 176 Å². The van der Waals surface area contributed by atoms with E-state index in [1.54, 1.807) is 24.9 Å². The fraction of sp³-hybridized carbons (Fsp3) is 0.500. The third-order valence-corrected chi connectivity index (χ3v) is 6.07.